The van der Waals surface area contributed by atoms with Crippen LogP contribution in [0.2, 0.25) is 0 Å². The molecule has 1 amide bonds. The van der Waals surface area contributed by atoms with Crippen molar-refractivity contribution in [3.63, 3.8) is 0 Å². The number of phenols is 1. The van der Waals surface area contributed by atoms with E-state index in [9.17, 15) is 15.0 Å². The summed E-state index contributed by atoms with van der Waals surface area (Å²) < 4.78 is 0. The molecule has 0 aliphatic heterocycles. The van der Waals surface area contributed by atoms with E-state index in [1.807, 2.05) is 13.0 Å². The lowest BCUT2D eigenvalue weighted by Crippen LogP contribution is -2.04. The van der Waals surface area contributed by atoms with Crippen LogP contribution >= 0.6 is 0 Å². The summed E-state index contributed by atoms with van der Waals surface area (Å²) in [6.07, 6.45) is 4.44. The van der Waals surface area contributed by atoms with Crippen molar-refractivity contribution in [3.8, 4) is 5.75 Å². The van der Waals surface area contributed by atoms with Gasteiger partial charge in [-0.1, -0.05) is 25.6 Å². The third kappa shape index (κ3) is 5.92. The number of hydrogen-bond acceptors (Lipinski definition) is 5. The molecule has 7 heteroatoms. The summed E-state index contributed by atoms with van der Waals surface area (Å²) >= 11 is 0. The third-order valence-corrected chi connectivity index (χ3v) is 4.46. The number of nitrogen functional groups attached to an aromatic ring is 1. The van der Waals surface area contributed by atoms with Crippen LogP contribution in [0, 0.1) is 6.92 Å². The van der Waals surface area contributed by atoms with Crippen molar-refractivity contribution < 1.29 is 15.0 Å². The van der Waals surface area contributed by atoms with E-state index in [-0.39, 0.29) is 18.3 Å². The predicted molar refractivity (Wildman–Crippen MR) is 114 cm³/mol. The summed E-state index contributed by atoms with van der Waals surface area (Å²) in [5.74, 6) is 0.438. The van der Waals surface area contributed by atoms with Gasteiger partial charge >= 0.3 is 0 Å². The number of aliphatic hydroxyl groups excluding tert-OH is 1. The van der Waals surface area contributed by atoms with Crippen LogP contribution in [0.5, 0.6) is 5.75 Å². The first-order chi connectivity index (χ1) is 13.3. The highest BCUT2D eigenvalue weighted by Gasteiger charge is 2.18. The van der Waals surface area contributed by atoms with Gasteiger partial charge in [-0.3, -0.25) is 4.79 Å². The zero-order valence-electron chi connectivity index (χ0n) is 16.4. The number of aromatic amines is 1. The molecule has 0 aliphatic carbocycles. The molecule has 1 aromatic heterocycles. The third-order valence-electron chi connectivity index (χ3n) is 4.46. The number of rotatable bonds is 7. The molecule has 1 heterocycles. The number of benzene rings is 1. The number of hydrogen-bond donors (Lipinski definition) is 6. The molecule has 2 rings (SSSR count). The molecule has 1 aromatic carbocycles. The van der Waals surface area contributed by atoms with E-state index in [1.54, 1.807) is 24.3 Å². The summed E-state index contributed by atoms with van der Waals surface area (Å²) in [4.78, 5) is 12.7. The highest BCUT2D eigenvalue weighted by molar-refractivity contribution is 5.86. The smallest absolute Gasteiger partial charge is 0.240 e. The monoisotopic (exact) mass is 386 g/mol. The van der Waals surface area contributed by atoms with Crippen molar-refractivity contribution in [1.29, 1.82) is 0 Å². The number of H-pyrrole nitrogens is 1. The van der Waals surface area contributed by atoms with Crippen molar-refractivity contribution in [3.05, 3.63) is 59.3 Å². The fraction of sp³-hybridized carbons (Fsp3) is 0.286. The molecule has 152 valence electrons. The second-order valence-electron chi connectivity index (χ2n) is 6.33. The molecule has 0 radical (unpaired) electrons. The van der Waals surface area contributed by atoms with Crippen molar-refractivity contribution in [2.45, 2.75) is 32.6 Å². The minimum absolute atomic E-state index is 0.139. The molecule has 2 aromatic rings. The maximum atomic E-state index is 9.91. The molecule has 1 atom stereocenters. The van der Waals surface area contributed by atoms with Gasteiger partial charge in [-0.15, -0.1) is 0 Å². The number of phenolic OH excluding ortho intramolecular Hbond substituents is 1. The Kier molecular flexibility index (Phi) is 8.84. The Hall–Kier alpha value is -3.19. The van der Waals surface area contributed by atoms with E-state index < -0.39 is 5.91 Å². The minimum Gasteiger partial charge on any atom is -0.507 e. The molecule has 28 heavy (non-hydrogen) atoms. The number of amides is 1. The number of carbonyl (C=O) groups is 1. The lowest BCUT2D eigenvalue weighted by Gasteiger charge is -2.13. The van der Waals surface area contributed by atoms with Crippen LogP contribution < -0.4 is 17.2 Å². The first kappa shape index (κ1) is 22.9. The Morgan fingerprint density at radius 1 is 1.32 bits per heavy atom. The van der Waals surface area contributed by atoms with Crippen molar-refractivity contribution in [2.75, 3.05) is 12.3 Å². The Labute approximate surface area is 165 Å². The standard InChI is InChI=1S/C18H25N3O2.C3H5NO/c1-3-12(8-9-22)17-11(2)14(18(20)21-17)10-15(19)13-6-4-5-7-16(13)23;1-2-3(4)5/h4-7,10,12,21-23H,3,8-9,19-20H2,1-2H3;2H,1H2,(H2,4,5)/b15-10-;/t12-;/m1./s1. The highest BCUT2D eigenvalue weighted by Crippen LogP contribution is 2.33. The van der Waals surface area contributed by atoms with Gasteiger partial charge in [0.05, 0.1) is 0 Å². The maximum absolute atomic E-state index is 9.91. The SMILES string of the molecule is C=CC(N)=O.CC[C@H](CCO)c1[nH]c(N)c(/C=C(\N)c2ccccc2O)c1C. The summed E-state index contributed by atoms with van der Waals surface area (Å²) in [5, 5.41) is 19.1. The van der Waals surface area contributed by atoms with Gasteiger partial charge in [0.15, 0.2) is 0 Å². The second kappa shape index (κ2) is 10.8. The summed E-state index contributed by atoms with van der Waals surface area (Å²) in [7, 11) is 0. The second-order valence-corrected chi connectivity index (χ2v) is 6.33. The number of aliphatic hydroxyl groups is 1. The number of para-hydroxylation sites is 1. The van der Waals surface area contributed by atoms with E-state index in [4.69, 9.17) is 11.5 Å². The molecule has 7 nitrogen and oxygen atoms in total. The average Bonchev–Trinajstić information content (AvgIpc) is 2.94. The number of anilines is 1. The molecule has 0 saturated carbocycles. The van der Waals surface area contributed by atoms with Crippen LogP contribution in [0.1, 0.15) is 48.1 Å². The molecule has 0 unspecified atom stereocenters. The van der Waals surface area contributed by atoms with Gasteiger partial charge in [0.25, 0.3) is 0 Å². The van der Waals surface area contributed by atoms with Crippen LogP contribution in [0.4, 0.5) is 5.82 Å². The van der Waals surface area contributed by atoms with Crippen molar-refractivity contribution in [1.82, 2.24) is 4.98 Å². The topological polar surface area (TPSA) is 151 Å². The largest absolute Gasteiger partial charge is 0.507 e. The van der Waals surface area contributed by atoms with E-state index in [2.05, 4.69) is 24.2 Å². The fourth-order valence-electron chi connectivity index (χ4n) is 2.91. The molecular formula is C21H30N4O3. The minimum atomic E-state index is -0.481. The lowest BCUT2D eigenvalue weighted by atomic mass is 9.95. The average molecular weight is 386 g/mol. The molecule has 0 spiro atoms. The van der Waals surface area contributed by atoms with Crippen molar-refractivity contribution >= 4 is 23.5 Å². The van der Waals surface area contributed by atoms with Crippen LogP contribution in [-0.2, 0) is 4.79 Å². The Morgan fingerprint density at radius 2 is 1.93 bits per heavy atom. The van der Waals surface area contributed by atoms with Crippen LogP contribution in [-0.4, -0.2) is 27.7 Å². The van der Waals surface area contributed by atoms with Gasteiger partial charge in [0, 0.05) is 35.0 Å². The van der Waals surface area contributed by atoms with E-state index in [0.29, 0.717) is 23.5 Å². The first-order valence-electron chi connectivity index (χ1n) is 9.02. The van der Waals surface area contributed by atoms with E-state index >= 15 is 0 Å². The Balaban J connectivity index is 0.000000696. The van der Waals surface area contributed by atoms with Gasteiger partial charge in [0.2, 0.25) is 5.91 Å². The Bertz CT molecular complexity index is 840. The zero-order chi connectivity index (χ0) is 21.3. The van der Waals surface area contributed by atoms with E-state index in [1.165, 1.54) is 0 Å². The number of aromatic hydroxyl groups is 1. The number of carbonyl (C=O) groups excluding carboxylic acids is 1. The van der Waals surface area contributed by atoms with Gasteiger partial charge in [0.1, 0.15) is 11.6 Å². The molecule has 0 aliphatic rings. The fourth-order valence-corrected chi connectivity index (χ4v) is 2.91. The van der Waals surface area contributed by atoms with Gasteiger partial charge in [-0.25, -0.2) is 0 Å². The quantitative estimate of drug-likeness (QED) is 0.404. The van der Waals surface area contributed by atoms with Crippen LogP contribution in [0.15, 0.2) is 36.9 Å². The molecule has 0 saturated heterocycles. The van der Waals surface area contributed by atoms with Crippen LogP contribution in [0.3, 0.4) is 0 Å². The number of nitrogens with one attached hydrogen (secondary N) is 1. The number of aromatic nitrogens is 1. The highest BCUT2D eigenvalue weighted by atomic mass is 16.3. The van der Waals surface area contributed by atoms with Crippen LogP contribution in [0.25, 0.3) is 11.8 Å². The van der Waals surface area contributed by atoms with Gasteiger partial charge < -0.3 is 32.4 Å². The van der Waals surface area contributed by atoms with Gasteiger partial charge in [-0.2, -0.15) is 0 Å². The van der Waals surface area contributed by atoms with Crippen molar-refractivity contribution in [2.24, 2.45) is 11.5 Å². The zero-order valence-corrected chi connectivity index (χ0v) is 16.4. The lowest BCUT2D eigenvalue weighted by molar-refractivity contribution is -0.113. The molecule has 0 fully saturated rings. The van der Waals surface area contributed by atoms with E-state index in [0.717, 1.165) is 29.3 Å². The summed E-state index contributed by atoms with van der Waals surface area (Å²) in [6, 6.07) is 6.94. The number of primary amides is 1. The molecule has 9 N–H and O–H groups in total. The summed E-state index contributed by atoms with van der Waals surface area (Å²) in [6.45, 7) is 7.30. The summed E-state index contributed by atoms with van der Waals surface area (Å²) in [5.41, 5.74) is 20.7. The predicted octanol–water partition coefficient (Wildman–Crippen LogP) is 2.60. The first-order valence-corrected chi connectivity index (χ1v) is 9.02. The maximum Gasteiger partial charge on any atom is 0.240 e. The normalized spacial score (nSPS) is 12.0. The molecular weight excluding hydrogens is 356 g/mol. The number of nitrogens with two attached hydrogens (primary N) is 3. The Morgan fingerprint density at radius 3 is 2.43 bits per heavy atom. The molecule has 0 bridgehead atoms. The van der Waals surface area contributed by atoms with Gasteiger partial charge in [-0.05, 0) is 49.6 Å².